The molecule has 0 aliphatic heterocycles. The number of benzene rings is 1. The van der Waals surface area contributed by atoms with Crippen LogP contribution < -0.4 is 0 Å². The molecule has 1 atom stereocenters. The fourth-order valence-corrected chi connectivity index (χ4v) is 1.91. The van der Waals surface area contributed by atoms with Gasteiger partial charge in [0.25, 0.3) is 0 Å². The lowest BCUT2D eigenvalue weighted by Gasteiger charge is -2.09. The Morgan fingerprint density at radius 3 is 2.29 bits per heavy atom. The van der Waals surface area contributed by atoms with Crippen LogP contribution in [-0.2, 0) is 0 Å². The molecule has 0 saturated carbocycles. The van der Waals surface area contributed by atoms with Crippen molar-refractivity contribution in [2.45, 2.75) is 25.6 Å². The van der Waals surface area contributed by atoms with Crippen LogP contribution >= 0.6 is 0 Å². The summed E-state index contributed by atoms with van der Waals surface area (Å²) in [6, 6.07) is 8.04. The molecule has 0 fully saturated rings. The highest BCUT2D eigenvalue weighted by Crippen LogP contribution is 2.16. The summed E-state index contributed by atoms with van der Waals surface area (Å²) in [7, 11) is -1.31. The fourth-order valence-electron chi connectivity index (χ4n) is 1.39. The van der Waals surface area contributed by atoms with Crippen LogP contribution in [-0.4, -0.2) is 19.8 Å². The van der Waals surface area contributed by atoms with Gasteiger partial charge in [-0.15, -0.1) is 12.1 Å². The fraction of sp³-hybridized carbons (Fsp3) is 0.333. The lowest BCUT2D eigenvalue weighted by Crippen LogP contribution is -2.16. The number of rotatable bonds is 3. The van der Waals surface area contributed by atoms with Gasteiger partial charge in [0.15, 0.2) is 0 Å². The van der Waals surface area contributed by atoms with E-state index >= 15 is 0 Å². The van der Waals surface area contributed by atoms with Crippen molar-refractivity contribution in [3.63, 3.8) is 0 Å². The number of hydrogen-bond acceptors (Lipinski definition) is 1. The van der Waals surface area contributed by atoms with E-state index in [4.69, 9.17) is 5.11 Å². The molecule has 0 saturated heterocycles. The Morgan fingerprint density at radius 1 is 1.29 bits per heavy atom. The van der Waals surface area contributed by atoms with Gasteiger partial charge in [-0.2, -0.15) is 0 Å². The molecule has 1 N–H and O–H groups in total. The second-order valence-corrected chi connectivity index (χ2v) is 9.90. The summed E-state index contributed by atoms with van der Waals surface area (Å²) in [5, 5.41) is 9.17. The third kappa shape index (κ3) is 4.60. The third-order valence-corrected chi connectivity index (χ3v) is 3.28. The molecule has 0 spiro atoms. The largest absolute Gasteiger partial charge is 0.395 e. The Labute approximate surface area is 105 Å². The molecular weight excluding hydrogens is 224 g/mol. The van der Waals surface area contributed by atoms with Gasteiger partial charge in [0.1, 0.15) is 8.07 Å². The third-order valence-electron chi connectivity index (χ3n) is 2.40. The molecule has 0 heterocycles. The van der Waals surface area contributed by atoms with E-state index in [0.29, 0.717) is 0 Å². The lowest BCUT2D eigenvalue weighted by molar-refractivity contribution is 0.283. The van der Waals surface area contributed by atoms with Crippen molar-refractivity contribution < 1.29 is 5.11 Å². The van der Waals surface area contributed by atoms with Crippen LogP contribution in [0.25, 0.3) is 0 Å². The number of aliphatic hydroxyl groups excluding tert-OH is 1. The van der Waals surface area contributed by atoms with Gasteiger partial charge < -0.3 is 5.11 Å². The molecular formula is C15H20OSi. The Morgan fingerprint density at radius 2 is 1.88 bits per heavy atom. The van der Waals surface area contributed by atoms with Crippen LogP contribution in [0.15, 0.2) is 36.9 Å². The molecule has 17 heavy (non-hydrogen) atoms. The van der Waals surface area contributed by atoms with Gasteiger partial charge in [-0.3, -0.25) is 0 Å². The second kappa shape index (κ2) is 5.86. The maximum atomic E-state index is 9.17. The van der Waals surface area contributed by atoms with Crippen LogP contribution in [0.1, 0.15) is 17.0 Å². The van der Waals surface area contributed by atoms with Crippen LogP contribution in [0.3, 0.4) is 0 Å². The van der Waals surface area contributed by atoms with Crippen molar-refractivity contribution in [3.05, 3.63) is 48.0 Å². The van der Waals surface area contributed by atoms with E-state index in [1.807, 2.05) is 24.3 Å². The van der Waals surface area contributed by atoms with Crippen molar-refractivity contribution in [1.29, 1.82) is 0 Å². The van der Waals surface area contributed by atoms with Crippen LogP contribution in [0.5, 0.6) is 0 Å². The highest BCUT2D eigenvalue weighted by Gasteiger charge is 2.08. The molecule has 0 bridgehead atoms. The van der Waals surface area contributed by atoms with E-state index in [0.717, 1.165) is 11.1 Å². The van der Waals surface area contributed by atoms with E-state index in [9.17, 15) is 0 Å². The molecule has 1 aromatic carbocycles. The highest BCUT2D eigenvalue weighted by molar-refractivity contribution is 6.83. The summed E-state index contributed by atoms with van der Waals surface area (Å²) in [4.78, 5) is 0. The monoisotopic (exact) mass is 244 g/mol. The molecule has 2 heteroatoms. The van der Waals surface area contributed by atoms with E-state index < -0.39 is 8.07 Å². The molecule has 1 nitrogen and oxygen atoms in total. The average molecular weight is 244 g/mol. The van der Waals surface area contributed by atoms with E-state index in [1.165, 1.54) is 0 Å². The first kappa shape index (κ1) is 13.8. The minimum Gasteiger partial charge on any atom is -0.395 e. The summed E-state index contributed by atoms with van der Waals surface area (Å²) < 4.78 is 0. The zero-order valence-electron chi connectivity index (χ0n) is 10.8. The van der Waals surface area contributed by atoms with Gasteiger partial charge in [-0.25, -0.2) is 0 Å². The van der Waals surface area contributed by atoms with Crippen LogP contribution in [0, 0.1) is 11.5 Å². The lowest BCUT2D eigenvalue weighted by atomic mass is 9.99. The summed E-state index contributed by atoms with van der Waals surface area (Å²) in [6.45, 7) is 10.5. The van der Waals surface area contributed by atoms with E-state index in [2.05, 4.69) is 37.7 Å². The van der Waals surface area contributed by atoms with Gasteiger partial charge >= 0.3 is 0 Å². The minimum atomic E-state index is -1.31. The molecule has 1 rings (SSSR count). The minimum absolute atomic E-state index is 0.0222. The maximum Gasteiger partial charge on any atom is 0.129 e. The Kier molecular flexibility index (Phi) is 4.74. The molecule has 0 amide bonds. The smallest absolute Gasteiger partial charge is 0.129 e. The summed E-state index contributed by atoms with van der Waals surface area (Å²) >= 11 is 0. The van der Waals surface area contributed by atoms with Gasteiger partial charge in [0.2, 0.25) is 0 Å². The van der Waals surface area contributed by atoms with Crippen LogP contribution in [0.2, 0.25) is 19.6 Å². The summed E-state index contributed by atoms with van der Waals surface area (Å²) in [6.07, 6.45) is 1.77. The summed E-state index contributed by atoms with van der Waals surface area (Å²) in [5.41, 5.74) is 5.46. The Bertz CT molecular complexity index is 429. The first-order valence-corrected chi connectivity index (χ1v) is 9.33. The van der Waals surface area contributed by atoms with E-state index in [-0.39, 0.29) is 12.5 Å². The first-order valence-electron chi connectivity index (χ1n) is 5.83. The van der Waals surface area contributed by atoms with Crippen LogP contribution in [0.4, 0.5) is 0 Å². The van der Waals surface area contributed by atoms with Crippen molar-refractivity contribution in [2.24, 2.45) is 0 Å². The molecule has 0 aromatic heterocycles. The van der Waals surface area contributed by atoms with Crippen molar-refractivity contribution in [2.75, 3.05) is 6.61 Å². The Balaban J connectivity index is 2.87. The zero-order valence-corrected chi connectivity index (χ0v) is 11.8. The predicted molar refractivity (Wildman–Crippen MR) is 76.7 cm³/mol. The standard InChI is InChI=1S/C15H20OSi/c1-5-14(12-16)15-8-6-13(7-9-15)10-11-17(2,3)4/h5-9,14,16H,1,12H2,2-4H3/t14-/m1/s1. The van der Waals surface area contributed by atoms with Gasteiger partial charge in [0, 0.05) is 11.5 Å². The summed E-state index contributed by atoms with van der Waals surface area (Å²) in [5.74, 6) is 3.23. The maximum absolute atomic E-state index is 9.17. The predicted octanol–water partition coefficient (Wildman–Crippen LogP) is 3.18. The van der Waals surface area contributed by atoms with E-state index in [1.54, 1.807) is 6.08 Å². The number of aliphatic hydroxyl groups is 1. The van der Waals surface area contributed by atoms with Crippen molar-refractivity contribution in [1.82, 2.24) is 0 Å². The first-order chi connectivity index (χ1) is 7.96. The van der Waals surface area contributed by atoms with Crippen molar-refractivity contribution in [3.8, 4) is 11.5 Å². The molecule has 90 valence electrons. The molecule has 0 unspecified atom stereocenters. The molecule has 1 aromatic rings. The van der Waals surface area contributed by atoms with Gasteiger partial charge in [0.05, 0.1) is 6.61 Å². The number of hydrogen-bond donors (Lipinski definition) is 1. The topological polar surface area (TPSA) is 20.2 Å². The second-order valence-electron chi connectivity index (χ2n) is 5.15. The van der Waals surface area contributed by atoms with Crippen molar-refractivity contribution >= 4 is 8.07 Å². The quantitative estimate of drug-likeness (QED) is 0.492. The SMILES string of the molecule is C=C[C@H](CO)c1ccc(C#C[Si](C)(C)C)cc1. The molecule has 0 radical (unpaired) electrons. The normalized spacial score (nSPS) is 12.5. The molecule has 0 aliphatic carbocycles. The average Bonchev–Trinajstić information content (AvgIpc) is 2.29. The van der Waals surface area contributed by atoms with Gasteiger partial charge in [-0.1, -0.05) is 43.8 Å². The Hall–Kier alpha value is -1.30. The highest BCUT2D eigenvalue weighted by atomic mass is 28.3. The molecule has 0 aliphatic rings. The zero-order chi connectivity index (χ0) is 12.9. The van der Waals surface area contributed by atoms with Gasteiger partial charge in [-0.05, 0) is 17.7 Å².